The number of esters is 1. The Morgan fingerprint density at radius 3 is 2.42 bits per heavy atom. The van der Waals surface area contributed by atoms with E-state index in [1.165, 1.54) is 5.56 Å². The van der Waals surface area contributed by atoms with Crippen molar-refractivity contribution < 1.29 is 14.3 Å². The zero-order chi connectivity index (χ0) is 18.5. The maximum Gasteiger partial charge on any atom is 0.418 e. The summed E-state index contributed by atoms with van der Waals surface area (Å²) in [6, 6.07) is 10.5. The van der Waals surface area contributed by atoms with E-state index < -0.39 is 12.1 Å². The average Bonchev–Trinajstić information content (AvgIpc) is 2.68. The summed E-state index contributed by atoms with van der Waals surface area (Å²) in [5.41, 5.74) is 1.32. The van der Waals surface area contributed by atoms with E-state index in [9.17, 15) is 9.59 Å². The first-order chi connectivity index (χ1) is 12.6. The third kappa shape index (κ3) is 4.43. The molecule has 6 heteroatoms. The highest BCUT2D eigenvalue weighted by molar-refractivity contribution is 5.84. The van der Waals surface area contributed by atoms with E-state index in [1.807, 2.05) is 6.07 Å². The number of nitrogens with zero attached hydrogens (tertiary/aromatic N) is 3. The predicted octanol–water partition coefficient (Wildman–Crippen LogP) is 2.51. The Kier molecular flexibility index (Phi) is 6.27. The summed E-state index contributed by atoms with van der Waals surface area (Å²) in [4.78, 5) is 30.6. The molecule has 0 spiro atoms. The smallest absolute Gasteiger partial charge is 0.376 e. The van der Waals surface area contributed by atoms with Gasteiger partial charge in [0, 0.05) is 39.1 Å². The van der Waals surface area contributed by atoms with Crippen molar-refractivity contribution in [2.75, 3.05) is 39.8 Å². The van der Waals surface area contributed by atoms with Crippen LogP contribution in [0.15, 0.2) is 30.3 Å². The zero-order valence-electron chi connectivity index (χ0n) is 15.8. The topological polar surface area (TPSA) is 53.1 Å². The standard InChI is InChI=1S/C20H29N3O3/c1-3-19(24)26-20(25)23-10-9-17(16-7-5-4-6-8-16)15-18(23)22-13-11-21(2)12-14-22/h4-8,17-18H,3,9-15H2,1-2H3. The zero-order valence-corrected chi connectivity index (χ0v) is 15.8. The number of hydrogen-bond acceptors (Lipinski definition) is 5. The molecule has 0 bridgehead atoms. The molecule has 1 aromatic rings. The highest BCUT2D eigenvalue weighted by Gasteiger charge is 2.38. The third-order valence-electron chi connectivity index (χ3n) is 5.53. The van der Waals surface area contributed by atoms with E-state index >= 15 is 0 Å². The van der Waals surface area contributed by atoms with Crippen molar-refractivity contribution in [1.82, 2.24) is 14.7 Å². The van der Waals surface area contributed by atoms with Gasteiger partial charge in [0.2, 0.25) is 0 Å². The molecule has 1 amide bonds. The monoisotopic (exact) mass is 359 g/mol. The first-order valence-electron chi connectivity index (χ1n) is 9.57. The molecule has 3 rings (SSSR count). The van der Waals surface area contributed by atoms with Gasteiger partial charge in [0.15, 0.2) is 0 Å². The quantitative estimate of drug-likeness (QED) is 0.613. The second-order valence-electron chi connectivity index (χ2n) is 7.24. The summed E-state index contributed by atoms with van der Waals surface area (Å²) < 4.78 is 5.03. The van der Waals surface area contributed by atoms with Gasteiger partial charge in [-0.25, -0.2) is 4.79 Å². The van der Waals surface area contributed by atoms with Crippen molar-refractivity contribution in [1.29, 1.82) is 0 Å². The number of hydrogen-bond donors (Lipinski definition) is 0. The van der Waals surface area contributed by atoms with Gasteiger partial charge in [0.05, 0.1) is 6.17 Å². The van der Waals surface area contributed by atoms with Crippen molar-refractivity contribution in [3.8, 4) is 0 Å². The van der Waals surface area contributed by atoms with Gasteiger partial charge in [0.1, 0.15) is 0 Å². The van der Waals surface area contributed by atoms with E-state index in [0.717, 1.165) is 39.0 Å². The summed E-state index contributed by atoms with van der Waals surface area (Å²) in [7, 11) is 2.12. The Bertz CT molecular complexity index is 614. The minimum atomic E-state index is -0.493. The molecule has 0 aromatic heterocycles. The molecule has 2 unspecified atom stereocenters. The fraction of sp³-hybridized carbons (Fsp3) is 0.600. The van der Waals surface area contributed by atoms with Crippen molar-refractivity contribution in [2.24, 2.45) is 0 Å². The number of likely N-dealkylation sites (N-methyl/N-ethyl adjacent to an activating group) is 1. The van der Waals surface area contributed by atoms with Gasteiger partial charge in [-0.3, -0.25) is 14.6 Å². The lowest BCUT2D eigenvalue weighted by Gasteiger charge is -2.46. The molecule has 2 saturated heterocycles. The number of ether oxygens (including phenoxy) is 1. The van der Waals surface area contributed by atoms with Gasteiger partial charge < -0.3 is 9.64 Å². The molecule has 142 valence electrons. The second-order valence-corrected chi connectivity index (χ2v) is 7.24. The highest BCUT2D eigenvalue weighted by Crippen LogP contribution is 2.33. The van der Waals surface area contributed by atoms with Gasteiger partial charge in [-0.1, -0.05) is 37.3 Å². The van der Waals surface area contributed by atoms with Crippen LogP contribution in [-0.4, -0.2) is 72.7 Å². The predicted molar refractivity (Wildman–Crippen MR) is 99.8 cm³/mol. The van der Waals surface area contributed by atoms with Crippen LogP contribution in [0, 0.1) is 0 Å². The van der Waals surface area contributed by atoms with E-state index in [0.29, 0.717) is 12.5 Å². The molecule has 0 aliphatic carbocycles. The number of amides is 1. The Morgan fingerprint density at radius 1 is 1.08 bits per heavy atom. The van der Waals surface area contributed by atoms with Crippen molar-refractivity contribution in [3.63, 3.8) is 0 Å². The van der Waals surface area contributed by atoms with Crippen LogP contribution >= 0.6 is 0 Å². The largest absolute Gasteiger partial charge is 0.418 e. The number of piperazine rings is 1. The molecule has 2 aliphatic rings. The Hall–Kier alpha value is -1.92. The van der Waals surface area contributed by atoms with Gasteiger partial charge in [0.25, 0.3) is 0 Å². The van der Waals surface area contributed by atoms with Crippen LogP contribution < -0.4 is 0 Å². The van der Waals surface area contributed by atoms with Crippen molar-refractivity contribution in [3.05, 3.63) is 35.9 Å². The molecule has 26 heavy (non-hydrogen) atoms. The lowest BCUT2D eigenvalue weighted by atomic mass is 9.87. The molecule has 0 N–H and O–H groups in total. The Morgan fingerprint density at radius 2 is 1.77 bits per heavy atom. The molecule has 2 fully saturated rings. The van der Waals surface area contributed by atoms with Crippen LogP contribution in [-0.2, 0) is 9.53 Å². The van der Waals surface area contributed by atoms with Crippen molar-refractivity contribution >= 4 is 12.1 Å². The number of carbonyl (C=O) groups excluding carboxylic acids is 2. The highest BCUT2D eigenvalue weighted by atomic mass is 16.6. The lowest BCUT2D eigenvalue weighted by Crippen LogP contribution is -2.59. The summed E-state index contributed by atoms with van der Waals surface area (Å²) >= 11 is 0. The number of likely N-dealkylation sites (tertiary alicyclic amines) is 1. The van der Waals surface area contributed by atoms with Crippen LogP contribution in [0.4, 0.5) is 4.79 Å². The normalized spacial score (nSPS) is 25.1. The molecule has 2 aliphatic heterocycles. The lowest BCUT2D eigenvalue weighted by molar-refractivity contribution is -0.139. The fourth-order valence-corrected chi connectivity index (χ4v) is 3.88. The Labute approximate surface area is 155 Å². The summed E-state index contributed by atoms with van der Waals surface area (Å²) in [5.74, 6) is -0.0379. The molecule has 6 nitrogen and oxygen atoms in total. The summed E-state index contributed by atoms with van der Waals surface area (Å²) in [6.45, 7) is 6.15. The van der Waals surface area contributed by atoms with Crippen molar-refractivity contribution in [2.45, 2.75) is 38.3 Å². The van der Waals surface area contributed by atoms with Gasteiger partial charge in [-0.15, -0.1) is 0 Å². The van der Waals surface area contributed by atoms with Gasteiger partial charge >= 0.3 is 12.1 Å². The number of benzene rings is 1. The number of rotatable bonds is 3. The maximum absolute atomic E-state index is 12.6. The molecule has 0 saturated carbocycles. The summed E-state index contributed by atoms with van der Waals surface area (Å²) in [6.07, 6.45) is 1.48. The van der Waals surface area contributed by atoms with E-state index in [2.05, 4.69) is 41.1 Å². The average molecular weight is 359 g/mol. The fourth-order valence-electron chi connectivity index (χ4n) is 3.88. The molecule has 2 atom stereocenters. The first kappa shape index (κ1) is 18.9. The van der Waals surface area contributed by atoms with Gasteiger partial charge in [-0.05, 0) is 31.4 Å². The van der Waals surface area contributed by atoms with Gasteiger partial charge in [-0.2, -0.15) is 0 Å². The molecule has 1 aromatic carbocycles. The van der Waals surface area contributed by atoms with E-state index in [4.69, 9.17) is 4.74 Å². The molecule has 0 radical (unpaired) electrons. The van der Waals surface area contributed by atoms with Crippen LogP contribution in [0.3, 0.4) is 0 Å². The minimum absolute atomic E-state index is 0.0141. The van der Waals surface area contributed by atoms with E-state index in [1.54, 1.807) is 11.8 Å². The Balaban J connectivity index is 1.75. The van der Waals surface area contributed by atoms with Crippen LogP contribution in [0.25, 0.3) is 0 Å². The van der Waals surface area contributed by atoms with E-state index in [-0.39, 0.29) is 12.6 Å². The van der Waals surface area contributed by atoms with Crippen LogP contribution in [0.2, 0.25) is 0 Å². The molecular formula is C20H29N3O3. The number of piperidine rings is 1. The first-order valence-corrected chi connectivity index (χ1v) is 9.57. The molecule has 2 heterocycles. The van der Waals surface area contributed by atoms with Crippen LogP contribution in [0.5, 0.6) is 0 Å². The second kappa shape index (κ2) is 8.64. The molecular weight excluding hydrogens is 330 g/mol. The maximum atomic E-state index is 12.6. The number of carbonyl (C=O) groups is 2. The SMILES string of the molecule is CCC(=O)OC(=O)N1CCC(c2ccccc2)CC1N1CCN(C)CC1. The minimum Gasteiger partial charge on any atom is -0.376 e. The van der Waals surface area contributed by atoms with Crippen LogP contribution in [0.1, 0.15) is 37.7 Å². The summed E-state index contributed by atoms with van der Waals surface area (Å²) in [5, 5.41) is 0. The third-order valence-corrected chi connectivity index (χ3v) is 5.53.